The van der Waals surface area contributed by atoms with Crippen LogP contribution in [-0.4, -0.2) is 24.1 Å². The van der Waals surface area contributed by atoms with Gasteiger partial charge in [-0.3, -0.25) is 4.79 Å². The first-order valence-corrected chi connectivity index (χ1v) is 6.27. The number of benzene rings is 1. The maximum Gasteiger partial charge on any atom is 0.227 e. The second kappa shape index (κ2) is 5.57. The molecule has 6 nitrogen and oxygen atoms in total. The summed E-state index contributed by atoms with van der Waals surface area (Å²) in [7, 11) is 0. The fourth-order valence-corrected chi connectivity index (χ4v) is 2.49. The van der Waals surface area contributed by atoms with Gasteiger partial charge in [-0.25, -0.2) is 0 Å². The highest BCUT2D eigenvalue weighted by atomic mass is 35.5. The van der Waals surface area contributed by atoms with Gasteiger partial charge in [0.05, 0.1) is 10.0 Å². The van der Waals surface area contributed by atoms with Crippen molar-refractivity contribution in [2.24, 2.45) is 11.0 Å². The molecular formula is C11H10Cl2N4O2. The maximum absolute atomic E-state index is 11.9. The number of hydrogen-bond acceptors (Lipinski definition) is 3. The van der Waals surface area contributed by atoms with Gasteiger partial charge in [0.25, 0.3) is 0 Å². The van der Waals surface area contributed by atoms with Crippen molar-refractivity contribution in [1.29, 1.82) is 0 Å². The molecule has 1 atom stereocenters. The van der Waals surface area contributed by atoms with E-state index in [1.807, 2.05) is 0 Å². The molecule has 1 aliphatic heterocycles. The molecule has 0 bridgehead atoms. The second-order valence-corrected chi connectivity index (χ2v) is 5.06. The van der Waals surface area contributed by atoms with Crippen LogP contribution in [0, 0.1) is 5.92 Å². The third kappa shape index (κ3) is 2.87. The molecule has 19 heavy (non-hydrogen) atoms. The van der Waals surface area contributed by atoms with Gasteiger partial charge in [0.1, 0.15) is 0 Å². The zero-order valence-electron chi connectivity index (χ0n) is 9.75. The van der Waals surface area contributed by atoms with E-state index in [1.54, 1.807) is 0 Å². The van der Waals surface area contributed by atoms with Crippen LogP contribution in [-0.2, 0) is 4.79 Å². The Morgan fingerprint density at radius 1 is 1.47 bits per heavy atom. The largest absolute Gasteiger partial charge is 0.505 e. The summed E-state index contributed by atoms with van der Waals surface area (Å²) >= 11 is 11.7. The van der Waals surface area contributed by atoms with E-state index >= 15 is 0 Å². The number of rotatable bonds is 3. The molecule has 1 aromatic rings. The Bertz CT molecular complexity index is 549. The zero-order chi connectivity index (χ0) is 14.0. The normalized spacial score (nSPS) is 18.5. The standard InChI is InChI=1S/C11H10Cl2N4O2/c12-8-2-7(3-9(13)11(8)19)17-5-6(1-10(17)18)4-15-16-14/h2-3,6,19H,1,4-5H2. The van der Waals surface area contributed by atoms with Gasteiger partial charge in [-0.2, -0.15) is 0 Å². The third-order valence-electron chi connectivity index (χ3n) is 2.92. The Balaban J connectivity index is 2.23. The molecule has 0 spiro atoms. The van der Waals surface area contributed by atoms with Crippen LogP contribution in [0.1, 0.15) is 6.42 Å². The molecule has 1 saturated heterocycles. The number of aromatic hydroxyl groups is 1. The van der Waals surface area contributed by atoms with Crippen LogP contribution in [0.4, 0.5) is 5.69 Å². The van der Waals surface area contributed by atoms with E-state index < -0.39 is 0 Å². The molecule has 0 saturated carbocycles. The van der Waals surface area contributed by atoms with Crippen molar-refractivity contribution in [3.8, 4) is 5.75 Å². The average molecular weight is 301 g/mol. The van der Waals surface area contributed by atoms with Crippen LogP contribution >= 0.6 is 23.2 Å². The highest BCUT2D eigenvalue weighted by molar-refractivity contribution is 6.37. The summed E-state index contributed by atoms with van der Waals surface area (Å²) < 4.78 is 0. The number of carbonyl (C=O) groups is 1. The summed E-state index contributed by atoms with van der Waals surface area (Å²) in [4.78, 5) is 16.1. The second-order valence-electron chi connectivity index (χ2n) is 4.25. The zero-order valence-corrected chi connectivity index (χ0v) is 11.3. The summed E-state index contributed by atoms with van der Waals surface area (Å²) in [6.45, 7) is 0.716. The number of phenols is 1. The topological polar surface area (TPSA) is 89.3 Å². The van der Waals surface area contributed by atoms with Gasteiger partial charge in [0.2, 0.25) is 5.91 Å². The maximum atomic E-state index is 11.9. The molecule has 100 valence electrons. The van der Waals surface area contributed by atoms with Crippen LogP contribution in [0.15, 0.2) is 17.2 Å². The molecule has 1 aromatic carbocycles. The number of carbonyl (C=O) groups excluding carboxylic acids is 1. The monoisotopic (exact) mass is 300 g/mol. The minimum absolute atomic E-state index is 0.0187. The molecule has 0 radical (unpaired) electrons. The van der Waals surface area contributed by atoms with Crippen molar-refractivity contribution < 1.29 is 9.90 Å². The lowest BCUT2D eigenvalue weighted by molar-refractivity contribution is -0.117. The van der Waals surface area contributed by atoms with E-state index in [1.165, 1.54) is 17.0 Å². The summed E-state index contributed by atoms with van der Waals surface area (Å²) in [5, 5.41) is 13.1. The summed E-state index contributed by atoms with van der Waals surface area (Å²) in [5.41, 5.74) is 8.80. The smallest absolute Gasteiger partial charge is 0.227 e. The van der Waals surface area contributed by atoms with Crippen LogP contribution in [0.2, 0.25) is 10.0 Å². The molecule has 1 aliphatic rings. The Labute approximate surface area is 119 Å². The van der Waals surface area contributed by atoms with Crippen molar-refractivity contribution in [1.82, 2.24) is 0 Å². The van der Waals surface area contributed by atoms with Gasteiger partial charge < -0.3 is 10.0 Å². The summed E-state index contributed by atoms with van der Waals surface area (Å²) in [6.07, 6.45) is 0.315. The number of halogens is 2. The lowest BCUT2D eigenvalue weighted by atomic mass is 10.1. The van der Waals surface area contributed by atoms with Gasteiger partial charge in [-0.15, -0.1) is 0 Å². The first-order valence-electron chi connectivity index (χ1n) is 5.52. The van der Waals surface area contributed by atoms with Gasteiger partial charge in [0, 0.05) is 30.1 Å². The van der Waals surface area contributed by atoms with E-state index in [2.05, 4.69) is 10.0 Å². The average Bonchev–Trinajstić information content (AvgIpc) is 2.74. The van der Waals surface area contributed by atoms with Gasteiger partial charge in [-0.1, -0.05) is 28.3 Å². The van der Waals surface area contributed by atoms with Crippen molar-refractivity contribution in [3.63, 3.8) is 0 Å². The quantitative estimate of drug-likeness (QED) is 0.527. The third-order valence-corrected chi connectivity index (χ3v) is 3.50. The molecular weight excluding hydrogens is 291 g/mol. The van der Waals surface area contributed by atoms with E-state index in [9.17, 15) is 9.90 Å². The highest BCUT2D eigenvalue weighted by Crippen LogP contribution is 2.37. The van der Waals surface area contributed by atoms with Crippen LogP contribution in [0.3, 0.4) is 0 Å². The molecule has 0 aliphatic carbocycles. The number of azide groups is 1. The SMILES string of the molecule is [N-]=[N+]=NCC1CC(=O)N(c2cc(Cl)c(O)c(Cl)c2)C1. The first kappa shape index (κ1) is 13.8. The number of hydrogen-bond donors (Lipinski definition) is 1. The van der Waals surface area contributed by atoms with E-state index in [4.69, 9.17) is 28.7 Å². The van der Waals surface area contributed by atoms with Gasteiger partial charge in [-0.05, 0) is 23.6 Å². The summed E-state index contributed by atoms with van der Waals surface area (Å²) in [5.74, 6) is -0.310. The molecule has 0 aromatic heterocycles. The predicted molar refractivity (Wildman–Crippen MR) is 72.6 cm³/mol. The molecule has 1 N–H and O–H groups in total. The molecule has 1 amide bonds. The molecule has 8 heteroatoms. The van der Waals surface area contributed by atoms with E-state index in [0.29, 0.717) is 18.7 Å². The minimum Gasteiger partial charge on any atom is -0.505 e. The Hall–Kier alpha value is -1.62. The van der Waals surface area contributed by atoms with E-state index in [-0.39, 0.29) is 34.2 Å². The lowest BCUT2D eigenvalue weighted by Gasteiger charge is -2.17. The Morgan fingerprint density at radius 2 is 2.11 bits per heavy atom. The van der Waals surface area contributed by atoms with Gasteiger partial charge >= 0.3 is 0 Å². The Kier molecular flexibility index (Phi) is 4.04. The first-order chi connectivity index (χ1) is 9.02. The molecule has 1 fully saturated rings. The predicted octanol–water partition coefficient (Wildman–Crippen LogP) is 3.36. The Morgan fingerprint density at radius 3 is 2.68 bits per heavy atom. The fraction of sp³-hybridized carbons (Fsp3) is 0.364. The van der Waals surface area contributed by atoms with Crippen LogP contribution in [0.5, 0.6) is 5.75 Å². The van der Waals surface area contributed by atoms with Crippen molar-refractivity contribution >= 4 is 34.8 Å². The molecule has 2 rings (SSSR count). The summed E-state index contributed by atoms with van der Waals surface area (Å²) in [6, 6.07) is 2.97. The van der Waals surface area contributed by atoms with Crippen LogP contribution < -0.4 is 4.90 Å². The highest BCUT2D eigenvalue weighted by Gasteiger charge is 2.30. The minimum atomic E-state index is -0.204. The van der Waals surface area contributed by atoms with E-state index in [0.717, 1.165) is 0 Å². The van der Waals surface area contributed by atoms with Crippen molar-refractivity contribution in [2.75, 3.05) is 18.0 Å². The van der Waals surface area contributed by atoms with Crippen molar-refractivity contribution in [2.45, 2.75) is 6.42 Å². The lowest BCUT2D eigenvalue weighted by Crippen LogP contribution is -2.24. The number of nitrogens with zero attached hydrogens (tertiary/aromatic N) is 4. The van der Waals surface area contributed by atoms with Crippen LogP contribution in [0.25, 0.3) is 10.4 Å². The number of anilines is 1. The number of phenolic OH excluding ortho intramolecular Hbond substituents is 1. The molecule has 1 unspecified atom stereocenters. The number of amides is 1. The van der Waals surface area contributed by atoms with Gasteiger partial charge in [0.15, 0.2) is 5.75 Å². The molecule has 1 heterocycles. The van der Waals surface area contributed by atoms with Crippen molar-refractivity contribution in [3.05, 3.63) is 32.6 Å². The fourth-order valence-electron chi connectivity index (χ4n) is 2.01.